The third-order valence-corrected chi connectivity index (χ3v) is 3.56. The van der Waals surface area contributed by atoms with Gasteiger partial charge in [0, 0.05) is 24.2 Å². The Hall–Kier alpha value is -2.24. The third-order valence-electron chi connectivity index (χ3n) is 2.82. The normalized spacial score (nSPS) is 10.6. The Kier molecular flexibility index (Phi) is 3.68. The molecule has 7 heteroatoms. The molecule has 2 heterocycles. The molecule has 21 heavy (non-hydrogen) atoms. The number of carbonyl (C=O) groups is 1. The fourth-order valence-corrected chi connectivity index (χ4v) is 2.15. The van der Waals surface area contributed by atoms with Gasteiger partial charge in [0.25, 0.3) is 0 Å². The topological polar surface area (TPSA) is 60.7 Å². The van der Waals surface area contributed by atoms with E-state index in [1.165, 1.54) is 4.68 Å². The van der Waals surface area contributed by atoms with Crippen molar-refractivity contribution < 1.29 is 4.79 Å². The number of aldehydes is 1. The van der Waals surface area contributed by atoms with E-state index in [9.17, 15) is 4.79 Å². The van der Waals surface area contributed by atoms with Crippen molar-refractivity contribution in [3.05, 3.63) is 58.5 Å². The van der Waals surface area contributed by atoms with Gasteiger partial charge in [0.2, 0.25) is 5.95 Å². The highest BCUT2D eigenvalue weighted by Crippen LogP contribution is 2.29. The van der Waals surface area contributed by atoms with E-state index in [1.54, 1.807) is 42.9 Å². The summed E-state index contributed by atoms with van der Waals surface area (Å²) in [5.41, 5.74) is 1.61. The van der Waals surface area contributed by atoms with E-state index in [1.807, 2.05) is 0 Å². The van der Waals surface area contributed by atoms with E-state index in [-0.39, 0.29) is 0 Å². The summed E-state index contributed by atoms with van der Waals surface area (Å²) in [5.74, 6) is 0.381. The van der Waals surface area contributed by atoms with Gasteiger partial charge in [-0.25, -0.2) is 14.6 Å². The smallest absolute Gasteiger partial charge is 0.250 e. The van der Waals surface area contributed by atoms with Gasteiger partial charge in [-0.1, -0.05) is 29.3 Å². The first kappa shape index (κ1) is 13.7. The van der Waals surface area contributed by atoms with Crippen molar-refractivity contribution in [3.8, 4) is 17.2 Å². The Morgan fingerprint density at radius 2 is 1.86 bits per heavy atom. The average molecular weight is 319 g/mol. The molecule has 0 amide bonds. The molecule has 0 aliphatic heterocycles. The zero-order chi connectivity index (χ0) is 14.8. The van der Waals surface area contributed by atoms with Crippen molar-refractivity contribution in [1.82, 2.24) is 19.7 Å². The number of hydrogen-bond donors (Lipinski definition) is 0. The Morgan fingerprint density at radius 1 is 1.10 bits per heavy atom. The molecule has 3 aromatic rings. The highest BCUT2D eigenvalue weighted by Gasteiger charge is 2.13. The van der Waals surface area contributed by atoms with Crippen LogP contribution in [0.25, 0.3) is 17.2 Å². The Balaban J connectivity index is 2.12. The van der Waals surface area contributed by atoms with Gasteiger partial charge in [0.15, 0.2) is 6.29 Å². The maximum Gasteiger partial charge on any atom is 0.250 e. The SMILES string of the molecule is O=Cc1cn(-c2ncccn2)nc1-c1ccc(Cl)c(Cl)c1. The summed E-state index contributed by atoms with van der Waals surface area (Å²) in [5, 5.41) is 5.19. The third kappa shape index (κ3) is 2.66. The van der Waals surface area contributed by atoms with Crippen molar-refractivity contribution >= 4 is 29.5 Å². The molecule has 0 N–H and O–H groups in total. The van der Waals surface area contributed by atoms with Gasteiger partial charge in [-0.2, -0.15) is 5.10 Å². The minimum Gasteiger partial charge on any atom is -0.298 e. The fourth-order valence-electron chi connectivity index (χ4n) is 1.85. The zero-order valence-electron chi connectivity index (χ0n) is 10.6. The van der Waals surface area contributed by atoms with E-state index in [0.29, 0.717) is 32.8 Å². The molecule has 3 rings (SSSR count). The Bertz CT molecular complexity index is 802. The van der Waals surface area contributed by atoms with Crippen LogP contribution in [-0.4, -0.2) is 26.0 Å². The molecule has 0 radical (unpaired) electrons. The van der Waals surface area contributed by atoms with E-state index in [2.05, 4.69) is 15.1 Å². The maximum atomic E-state index is 11.2. The molecular weight excluding hydrogens is 311 g/mol. The molecule has 0 unspecified atom stereocenters. The van der Waals surface area contributed by atoms with Crippen LogP contribution >= 0.6 is 23.2 Å². The van der Waals surface area contributed by atoms with Crippen LogP contribution in [0, 0.1) is 0 Å². The molecule has 0 bridgehead atoms. The summed E-state index contributed by atoms with van der Waals surface area (Å²) in [6, 6.07) is 6.77. The summed E-state index contributed by atoms with van der Waals surface area (Å²) in [4.78, 5) is 19.4. The number of rotatable bonds is 3. The van der Waals surface area contributed by atoms with Crippen LogP contribution < -0.4 is 0 Å². The quantitative estimate of drug-likeness (QED) is 0.694. The van der Waals surface area contributed by atoms with Gasteiger partial charge in [-0.05, 0) is 18.2 Å². The molecule has 0 saturated heterocycles. The molecule has 0 aliphatic rings. The molecule has 104 valence electrons. The second kappa shape index (κ2) is 5.63. The van der Waals surface area contributed by atoms with E-state index in [0.717, 1.165) is 6.29 Å². The molecule has 0 fully saturated rings. The summed E-state index contributed by atoms with van der Waals surface area (Å²) in [6.45, 7) is 0. The van der Waals surface area contributed by atoms with Crippen molar-refractivity contribution in [2.75, 3.05) is 0 Å². The van der Waals surface area contributed by atoms with Crippen LogP contribution in [0.4, 0.5) is 0 Å². The highest BCUT2D eigenvalue weighted by molar-refractivity contribution is 6.42. The number of halogens is 2. The van der Waals surface area contributed by atoms with Crippen LogP contribution in [0.5, 0.6) is 0 Å². The molecule has 1 aromatic carbocycles. The summed E-state index contributed by atoms with van der Waals surface area (Å²) in [7, 11) is 0. The first-order chi connectivity index (χ1) is 10.2. The van der Waals surface area contributed by atoms with E-state index < -0.39 is 0 Å². The number of nitrogens with zero attached hydrogens (tertiary/aromatic N) is 4. The van der Waals surface area contributed by atoms with Gasteiger partial charge in [0.05, 0.1) is 15.6 Å². The lowest BCUT2D eigenvalue weighted by Gasteiger charge is -2.01. The van der Waals surface area contributed by atoms with Crippen molar-refractivity contribution in [1.29, 1.82) is 0 Å². The number of aromatic nitrogens is 4. The van der Waals surface area contributed by atoms with Crippen LogP contribution in [0.3, 0.4) is 0 Å². The number of hydrogen-bond acceptors (Lipinski definition) is 4. The summed E-state index contributed by atoms with van der Waals surface area (Å²) < 4.78 is 1.45. The van der Waals surface area contributed by atoms with Crippen molar-refractivity contribution in [2.45, 2.75) is 0 Å². The van der Waals surface area contributed by atoms with Crippen LogP contribution in [0.2, 0.25) is 10.0 Å². The minimum absolute atomic E-state index is 0.381. The van der Waals surface area contributed by atoms with Gasteiger partial charge < -0.3 is 0 Å². The Morgan fingerprint density at radius 3 is 2.52 bits per heavy atom. The lowest BCUT2D eigenvalue weighted by molar-refractivity contribution is 0.112. The average Bonchev–Trinajstić information content (AvgIpc) is 2.95. The minimum atomic E-state index is 0.381. The second-order valence-electron chi connectivity index (χ2n) is 4.17. The fraction of sp³-hybridized carbons (Fsp3) is 0. The molecule has 0 atom stereocenters. The van der Waals surface area contributed by atoms with Gasteiger partial charge in [0.1, 0.15) is 5.69 Å². The van der Waals surface area contributed by atoms with E-state index in [4.69, 9.17) is 23.2 Å². The number of carbonyl (C=O) groups excluding carboxylic acids is 1. The lowest BCUT2D eigenvalue weighted by Crippen LogP contribution is -2.00. The molecule has 5 nitrogen and oxygen atoms in total. The first-order valence-corrected chi connectivity index (χ1v) is 6.72. The number of benzene rings is 1. The monoisotopic (exact) mass is 318 g/mol. The highest BCUT2D eigenvalue weighted by atomic mass is 35.5. The summed E-state index contributed by atoms with van der Waals surface area (Å²) in [6.07, 6.45) is 5.50. The zero-order valence-corrected chi connectivity index (χ0v) is 12.1. The second-order valence-corrected chi connectivity index (χ2v) is 4.99. The standard InChI is InChI=1S/C14H8Cl2N4O/c15-11-3-2-9(6-12(11)16)13-10(8-21)7-20(19-13)14-17-4-1-5-18-14/h1-8H. The molecule has 0 saturated carbocycles. The van der Waals surface area contributed by atoms with Gasteiger partial charge in [-0.15, -0.1) is 0 Å². The largest absolute Gasteiger partial charge is 0.298 e. The molecule has 2 aromatic heterocycles. The van der Waals surface area contributed by atoms with Gasteiger partial charge in [-0.3, -0.25) is 4.79 Å². The molecule has 0 aliphatic carbocycles. The summed E-state index contributed by atoms with van der Waals surface area (Å²) >= 11 is 11.9. The van der Waals surface area contributed by atoms with Crippen LogP contribution in [0.15, 0.2) is 42.9 Å². The van der Waals surface area contributed by atoms with Crippen LogP contribution in [0.1, 0.15) is 10.4 Å². The predicted octanol–water partition coefficient (Wildman–Crippen LogP) is 3.45. The first-order valence-electron chi connectivity index (χ1n) is 5.96. The van der Waals surface area contributed by atoms with E-state index >= 15 is 0 Å². The molecule has 0 spiro atoms. The predicted molar refractivity (Wildman–Crippen MR) is 80.0 cm³/mol. The van der Waals surface area contributed by atoms with Crippen molar-refractivity contribution in [2.24, 2.45) is 0 Å². The lowest BCUT2D eigenvalue weighted by atomic mass is 10.1. The molecular formula is C14H8Cl2N4O. The van der Waals surface area contributed by atoms with Crippen molar-refractivity contribution in [3.63, 3.8) is 0 Å². The van der Waals surface area contributed by atoms with Gasteiger partial charge >= 0.3 is 0 Å². The van der Waals surface area contributed by atoms with Crippen LogP contribution in [-0.2, 0) is 0 Å². The maximum absolute atomic E-state index is 11.2. The Labute approximate surface area is 130 Å².